The molecular formula is C20H17F3N2O6. The Bertz CT molecular complexity index is 1140. The van der Waals surface area contributed by atoms with Crippen LogP contribution in [0.15, 0.2) is 57.9 Å². The van der Waals surface area contributed by atoms with Gasteiger partial charge in [0.1, 0.15) is 17.5 Å². The monoisotopic (exact) mass is 438 g/mol. The number of carboxylic acids is 1. The molecule has 164 valence electrons. The molecule has 4 N–H and O–H groups in total. The Balaban J connectivity index is 1.81. The van der Waals surface area contributed by atoms with Crippen molar-refractivity contribution < 1.29 is 37.3 Å². The number of oxazole rings is 1. The lowest BCUT2D eigenvalue weighted by Gasteiger charge is -2.16. The van der Waals surface area contributed by atoms with Crippen LogP contribution in [0.1, 0.15) is 16.7 Å². The molecule has 0 bridgehead atoms. The van der Waals surface area contributed by atoms with Crippen molar-refractivity contribution in [3.63, 3.8) is 0 Å². The van der Waals surface area contributed by atoms with Crippen LogP contribution in [0.3, 0.4) is 0 Å². The number of aromatic hydroxyl groups is 1. The minimum atomic E-state index is -4.74. The van der Waals surface area contributed by atoms with Crippen LogP contribution in [0.4, 0.5) is 13.2 Å². The average Bonchev–Trinajstić information content (AvgIpc) is 3.01. The van der Waals surface area contributed by atoms with Gasteiger partial charge in [-0.3, -0.25) is 4.79 Å². The van der Waals surface area contributed by atoms with Crippen LogP contribution in [-0.4, -0.2) is 26.8 Å². The number of hydrogen-bond donors (Lipinski definition) is 3. The number of benzene rings is 2. The summed E-state index contributed by atoms with van der Waals surface area (Å²) in [7, 11) is 0. The number of nitrogens with two attached hydrogens (primary N) is 1. The number of aromatic nitrogens is 1. The fraction of sp³-hybridized carbons (Fsp3) is 0.200. The predicted molar refractivity (Wildman–Crippen MR) is 101 cm³/mol. The number of carboxylic acid groups (broad SMARTS) is 1. The number of halogens is 3. The van der Waals surface area contributed by atoms with Crippen molar-refractivity contribution in [1.82, 2.24) is 4.57 Å². The predicted octanol–water partition coefficient (Wildman–Crippen LogP) is 2.96. The fourth-order valence-electron chi connectivity index (χ4n) is 2.80. The summed E-state index contributed by atoms with van der Waals surface area (Å²) < 4.78 is 51.4. The summed E-state index contributed by atoms with van der Waals surface area (Å²) in [5.74, 6) is -2.79. The van der Waals surface area contributed by atoms with Crippen LogP contribution >= 0.6 is 0 Å². The third-order valence-electron chi connectivity index (χ3n) is 4.38. The molecule has 1 unspecified atom stereocenters. The van der Waals surface area contributed by atoms with E-state index in [1.807, 2.05) is 0 Å². The highest BCUT2D eigenvalue weighted by Gasteiger charge is 2.35. The maximum absolute atomic E-state index is 13.5. The van der Waals surface area contributed by atoms with Crippen LogP contribution in [-0.2, 0) is 23.9 Å². The fourth-order valence-corrected chi connectivity index (χ4v) is 2.80. The highest BCUT2D eigenvalue weighted by atomic mass is 19.4. The molecule has 11 heteroatoms. The summed E-state index contributed by atoms with van der Waals surface area (Å²) in [6.45, 7) is -0.00617. The number of rotatable bonds is 7. The highest BCUT2D eigenvalue weighted by Crippen LogP contribution is 2.39. The maximum atomic E-state index is 13.5. The van der Waals surface area contributed by atoms with Gasteiger partial charge in [-0.15, -0.1) is 0 Å². The summed E-state index contributed by atoms with van der Waals surface area (Å²) in [6, 6.07) is 7.74. The van der Waals surface area contributed by atoms with Crippen LogP contribution in [0.2, 0.25) is 0 Å². The Kier molecular flexibility index (Phi) is 6.07. The molecule has 3 rings (SSSR count). The zero-order chi connectivity index (χ0) is 22.8. The Morgan fingerprint density at radius 1 is 1.16 bits per heavy atom. The SMILES string of the molecule is NC(Cc1ccc(Oc2ccc(Cn3c(O)coc3=O)cc2)c(C(F)(F)F)c1)C(=O)O. The molecule has 0 radical (unpaired) electrons. The molecule has 3 aromatic rings. The standard InChI is InChI=1S/C20H17F3N2O6/c21-20(22,23)14-7-12(8-15(24)18(27)28)3-6-16(14)31-13-4-1-11(2-5-13)9-25-17(26)10-30-19(25)29/h1-7,10,15,26H,8-9,24H2,(H,27,28). The molecule has 2 aromatic carbocycles. The first-order valence-electron chi connectivity index (χ1n) is 8.87. The van der Waals surface area contributed by atoms with Crippen molar-refractivity contribution in [3.8, 4) is 17.4 Å². The molecule has 0 aliphatic rings. The van der Waals surface area contributed by atoms with Crippen molar-refractivity contribution in [2.24, 2.45) is 5.73 Å². The van der Waals surface area contributed by atoms with Crippen molar-refractivity contribution in [2.75, 3.05) is 0 Å². The van der Waals surface area contributed by atoms with Crippen molar-refractivity contribution in [1.29, 1.82) is 0 Å². The molecule has 0 amide bonds. The summed E-state index contributed by atoms with van der Waals surface area (Å²) in [6.07, 6.45) is -4.11. The van der Waals surface area contributed by atoms with E-state index in [1.54, 1.807) is 0 Å². The molecule has 0 spiro atoms. The van der Waals surface area contributed by atoms with Crippen LogP contribution in [0, 0.1) is 0 Å². The molecule has 0 aliphatic carbocycles. The zero-order valence-electron chi connectivity index (χ0n) is 15.8. The Morgan fingerprint density at radius 2 is 1.81 bits per heavy atom. The van der Waals surface area contributed by atoms with Crippen LogP contribution in [0.25, 0.3) is 0 Å². The molecule has 1 atom stereocenters. The molecule has 31 heavy (non-hydrogen) atoms. The van der Waals surface area contributed by atoms with Gasteiger partial charge in [-0.2, -0.15) is 13.2 Å². The van der Waals surface area contributed by atoms with Gasteiger partial charge in [0.25, 0.3) is 0 Å². The number of carbonyl (C=O) groups is 1. The number of alkyl halides is 3. The second-order valence-corrected chi connectivity index (χ2v) is 6.67. The van der Waals surface area contributed by atoms with Crippen molar-refractivity contribution in [3.05, 3.63) is 76.0 Å². The van der Waals surface area contributed by atoms with E-state index >= 15 is 0 Å². The lowest BCUT2D eigenvalue weighted by molar-refractivity contribution is -0.139. The number of aliphatic carboxylic acids is 1. The number of hydrogen-bond acceptors (Lipinski definition) is 6. The normalized spacial score (nSPS) is 12.5. The van der Waals surface area contributed by atoms with Crippen molar-refractivity contribution >= 4 is 5.97 Å². The summed E-state index contributed by atoms with van der Waals surface area (Å²) >= 11 is 0. The van der Waals surface area contributed by atoms with Gasteiger partial charge in [0.05, 0.1) is 12.1 Å². The van der Waals surface area contributed by atoms with Crippen LogP contribution in [0.5, 0.6) is 17.4 Å². The zero-order valence-corrected chi connectivity index (χ0v) is 15.8. The second kappa shape index (κ2) is 8.56. The summed E-state index contributed by atoms with van der Waals surface area (Å²) in [5, 5.41) is 18.4. The van der Waals surface area contributed by atoms with Gasteiger partial charge in [-0.05, 0) is 41.8 Å². The lowest BCUT2D eigenvalue weighted by Crippen LogP contribution is -2.32. The van der Waals surface area contributed by atoms with Gasteiger partial charge in [0.2, 0.25) is 5.88 Å². The Labute approximate surface area is 172 Å². The molecular weight excluding hydrogens is 421 g/mol. The van der Waals surface area contributed by atoms with E-state index in [9.17, 15) is 27.9 Å². The van der Waals surface area contributed by atoms with Crippen molar-refractivity contribution in [2.45, 2.75) is 25.2 Å². The van der Waals surface area contributed by atoms with Gasteiger partial charge in [0.15, 0.2) is 6.26 Å². The Morgan fingerprint density at radius 3 is 2.35 bits per heavy atom. The molecule has 1 aromatic heterocycles. The second-order valence-electron chi connectivity index (χ2n) is 6.67. The summed E-state index contributed by atoms with van der Waals surface area (Å²) in [4.78, 5) is 22.3. The number of ether oxygens (including phenoxy) is 1. The van der Waals surface area contributed by atoms with Gasteiger partial charge < -0.3 is 25.1 Å². The van der Waals surface area contributed by atoms with E-state index < -0.39 is 35.3 Å². The van der Waals surface area contributed by atoms with E-state index in [-0.39, 0.29) is 30.2 Å². The van der Waals surface area contributed by atoms with Gasteiger partial charge in [0, 0.05) is 0 Å². The van der Waals surface area contributed by atoms with Gasteiger partial charge in [-0.25, -0.2) is 9.36 Å². The molecule has 8 nitrogen and oxygen atoms in total. The van der Waals surface area contributed by atoms with E-state index in [0.717, 1.165) is 23.0 Å². The largest absolute Gasteiger partial charge is 0.492 e. The summed E-state index contributed by atoms with van der Waals surface area (Å²) in [5.41, 5.74) is 5.00. The molecule has 0 saturated carbocycles. The topological polar surface area (TPSA) is 128 Å². The quantitative estimate of drug-likeness (QED) is 0.517. The minimum Gasteiger partial charge on any atom is -0.492 e. The van der Waals surface area contributed by atoms with E-state index in [1.165, 1.54) is 30.3 Å². The van der Waals surface area contributed by atoms with Gasteiger partial charge in [-0.1, -0.05) is 18.2 Å². The van der Waals surface area contributed by atoms with E-state index in [2.05, 4.69) is 4.42 Å². The van der Waals surface area contributed by atoms with Crippen LogP contribution < -0.4 is 16.2 Å². The van der Waals surface area contributed by atoms with E-state index in [0.29, 0.717) is 5.56 Å². The first-order chi connectivity index (χ1) is 14.5. The highest BCUT2D eigenvalue weighted by molar-refractivity contribution is 5.73. The molecule has 0 aliphatic heterocycles. The average molecular weight is 438 g/mol. The third-order valence-corrected chi connectivity index (χ3v) is 4.38. The first kappa shape index (κ1) is 22.0. The van der Waals surface area contributed by atoms with E-state index in [4.69, 9.17) is 15.6 Å². The molecule has 0 saturated heterocycles. The van der Waals surface area contributed by atoms with Gasteiger partial charge >= 0.3 is 17.9 Å². The molecule has 1 heterocycles. The molecule has 0 fully saturated rings. The first-order valence-corrected chi connectivity index (χ1v) is 8.87. The maximum Gasteiger partial charge on any atom is 0.422 e. The smallest absolute Gasteiger partial charge is 0.422 e. The Hall–Kier alpha value is -3.73. The number of nitrogens with zero attached hydrogens (tertiary/aromatic N) is 1. The third kappa shape index (κ3) is 5.25. The lowest BCUT2D eigenvalue weighted by atomic mass is 10.0. The minimum absolute atomic E-state index is 0.00617.